The van der Waals surface area contributed by atoms with Crippen molar-refractivity contribution >= 4 is 22.8 Å². The van der Waals surface area contributed by atoms with E-state index in [1.54, 1.807) is 12.1 Å². The quantitative estimate of drug-likeness (QED) is 0.416. The molecule has 0 spiro atoms. The van der Waals surface area contributed by atoms with Gasteiger partial charge in [0.1, 0.15) is 24.7 Å². The lowest BCUT2D eigenvalue weighted by molar-refractivity contribution is -0.133. The lowest BCUT2D eigenvalue weighted by atomic mass is 10.1. The number of nitrogens with zero attached hydrogens (tertiary/aromatic N) is 4. The number of para-hydroxylation sites is 3. The van der Waals surface area contributed by atoms with Crippen molar-refractivity contribution in [1.82, 2.24) is 19.4 Å². The Hall–Kier alpha value is -4.17. The first-order valence-electron chi connectivity index (χ1n) is 12.1. The minimum Gasteiger partial charge on any atom is -0.486 e. The average Bonchev–Trinajstić information content (AvgIpc) is 3.26. The summed E-state index contributed by atoms with van der Waals surface area (Å²) < 4.78 is 7.91. The number of nitrogens with two attached hydrogens (primary N) is 1. The molecular formula is C28H29N5O3. The molecule has 0 aliphatic carbocycles. The molecule has 0 radical (unpaired) electrons. The van der Waals surface area contributed by atoms with Crippen molar-refractivity contribution in [2.45, 2.75) is 19.7 Å². The Labute approximate surface area is 209 Å². The van der Waals surface area contributed by atoms with Gasteiger partial charge in [0.15, 0.2) is 0 Å². The van der Waals surface area contributed by atoms with Gasteiger partial charge in [-0.2, -0.15) is 0 Å². The van der Waals surface area contributed by atoms with Crippen LogP contribution in [0.15, 0.2) is 78.9 Å². The van der Waals surface area contributed by atoms with Gasteiger partial charge in [0, 0.05) is 38.3 Å². The Balaban J connectivity index is 1.21. The zero-order valence-electron chi connectivity index (χ0n) is 20.0. The molecule has 1 aliphatic heterocycles. The van der Waals surface area contributed by atoms with Gasteiger partial charge in [-0.25, -0.2) is 4.98 Å². The Morgan fingerprint density at radius 3 is 2.28 bits per heavy atom. The molecule has 2 N–H and O–H groups in total. The molecule has 2 amide bonds. The molecule has 0 bridgehead atoms. The van der Waals surface area contributed by atoms with E-state index in [2.05, 4.69) is 4.90 Å². The fourth-order valence-corrected chi connectivity index (χ4v) is 4.50. The first-order chi connectivity index (χ1) is 17.6. The van der Waals surface area contributed by atoms with Crippen LogP contribution in [-0.4, -0.2) is 57.3 Å². The summed E-state index contributed by atoms with van der Waals surface area (Å²) in [6, 6.07) is 24.8. The molecule has 0 saturated carbocycles. The third-order valence-corrected chi connectivity index (χ3v) is 6.51. The number of piperazine rings is 1. The normalized spacial score (nSPS) is 14.2. The van der Waals surface area contributed by atoms with E-state index < -0.39 is 5.91 Å². The zero-order chi connectivity index (χ0) is 24.9. The van der Waals surface area contributed by atoms with E-state index in [-0.39, 0.29) is 19.1 Å². The number of hydrogen-bond donors (Lipinski definition) is 1. The highest BCUT2D eigenvalue weighted by Crippen LogP contribution is 2.19. The number of primary amides is 1. The molecule has 36 heavy (non-hydrogen) atoms. The second-order valence-corrected chi connectivity index (χ2v) is 8.92. The van der Waals surface area contributed by atoms with E-state index in [1.165, 1.54) is 0 Å². The number of imidazole rings is 1. The highest BCUT2D eigenvalue weighted by Gasteiger charge is 2.23. The third-order valence-electron chi connectivity index (χ3n) is 6.51. The molecule has 1 aliphatic rings. The number of carbonyl (C=O) groups is 2. The minimum atomic E-state index is -0.422. The summed E-state index contributed by atoms with van der Waals surface area (Å²) in [5.74, 6) is 1.15. The van der Waals surface area contributed by atoms with Gasteiger partial charge in [0.25, 0.3) is 0 Å². The van der Waals surface area contributed by atoms with Crippen LogP contribution in [0.3, 0.4) is 0 Å². The van der Waals surface area contributed by atoms with Gasteiger partial charge in [0.2, 0.25) is 11.8 Å². The second kappa shape index (κ2) is 10.6. The molecule has 0 unspecified atom stereocenters. The summed E-state index contributed by atoms with van der Waals surface area (Å²) in [5, 5.41) is 0. The van der Waals surface area contributed by atoms with Crippen LogP contribution in [0, 0.1) is 0 Å². The topological polar surface area (TPSA) is 93.7 Å². The van der Waals surface area contributed by atoms with Crippen molar-refractivity contribution < 1.29 is 14.3 Å². The lowest BCUT2D eigenvalue weighted by Gasteiger charge is -2.35. The molecular weight excluding hydrogens is 454 g/mol. The second-order valence-electron chi connectivity index (χ2n) is 8.92. The standard InChI is InChI=1S/C28H29N5O3/c29-28(35)22-12-10-21(11-13-22)18-31-14-16-32(17-15-31)27(34)19-33-25-9-5-4-8-24(25)30-26(33)20-36-23-6-2-1-3-7-23/h1-13H,14-20H2,(H2,29,35). The maximum Gasteiger partial charge on any atom is 0.248 e. The van der Waals surface area contributed by atoms with Crippen molar-refractivity contribution in [2.24, 2.45) is 5.73 Å². The van der Waals surface area contributed by atoms with Crippen molar-refractivity contribution in [3.8, 4) is 5.75 Å². The molecule has 5 rings (SSSR count). The van der Waals surface area contributed by atoms with Crippen LogP contribution >= 0.6 is 0 Å². The smallest absolute Gasteiger partial charge is 0.248 e. The largest absolute Gasteiger partial charge is 0.486 e. The first-order valence-corrected chi connectivity index (χ1v) is 12.1. The molecule has 4 aromatic rings. The van der Waals surface area contributed by atoms with E-state index in [0.717, 1.165) is 47.8 Å². The summed E-state index contributed by atoms with van der Waals surface area (Å²) in [6.07, 6.45) is 0. The van der Waals surface area contributed by atoms with Crippen LogP contribution in [0.2, 0.25) is 0 Å². The van der Waals surface area contributed by atoms with Crippen LogP contribution in [0.25, 0.3) is 11.0 Å². The monoisotopic (exact) mass is 483 g/mol. The number of fused-ring (bicyclic) bond motifs is 1. The number of ether oxygens (including phenoxy) is 1. The molecule has 8 nitrogen and oxygen atoms in total. The SMILES string of the molecule is NC(=O)c1ccc(CN2CCN(C(=O)Cn3c(COc4ccccc4)nc4ccccc43)CC2)cc1. The Morgan fingerprint density at radius 1 is 0.861 bits per heavy atom. The van der Waals surface area contributed by atoms with Crippen LogP contribution in [-0.2, 0) is 24.5 Å². The fraction of sp³-hybridized carbons (Fsp3) is 0.250. The van der Waals surface area contributed by atoms with Crippen LogP contribution < -0.4 is 10.5 Å². The first kappa shape index (κ1) is 23.6. The predicted octanol–water partition coefficient (Wildman–Crippen LogP) is 3.06. The van der Waals surface area contributed by atoms with E-state index in [4.69, 9.17) is 15.5 Å². The van der Waals surface area contributed by atoms with Crippen molar-refractivity contribution in [2.75, 3.05) is 26.2 Å². The maximum atomic E-state index is 13.3. The summed E-state index contributed by atoms with van der Waals surface area (Å²) in [7, 11) is 0. The van der Waals surface area contributed by atoms with Gasteiger partial charge in [-0.1, -0.05) is 42.5 Å². The van der Waals surface area contributed by atoms with Crippen molar-refractivity contribution in [3.63, 3.8) is 0 Å². The fourth-order valence-electron chi connectivity index (χ4n) is 4.50. The molecule has 8 heteroatoms. The summed E-state index contributed by atoms with van der Waals surface area (Å²) in [6.45, 7) is 4.20. The van der Waals surface area contributed by atoms with Gasteiger partial charge in [0.05, 0.1) is 11.0 Å². The molecule has 1 aromatic heterocycles. The van der Waals surface area contributed by atoms with E-state index >= 15 is 0 Å². The summed E-state index contributed by atoms with van der Waals surface area (Å²) >= 11 is 0. The van der Waals surface area contributed by atoms with Gasteiger partial charge in [-0.05, 0) is 42.0 Å². The molecule has 1 saturated heterocycles. The zero-order valence-corrected chi connectivity index (χ0v) is 20.0. The average molecular weight is 484 g/mol. The van der Waals surface area contributed by atoms with Gasteiger partial charge in [-0.15, -0.1) is 0 Å². The lowest BCUT2D eigenvalue weighted by Crippen LogP contribution is -2.49. The molecule has 0 atom stereocenters. The van der Waals surface area contributed by atoms with Crippen LogP contribution in [0.4, 0.5) is 0 Å². The summed E-state index contributed by atoms with van der Waals surface area (Å²) in [4.78, 5) is 33.5. The Morgan fingerprint density at radius 2 is 1.56 bits per heavy atom. The minimum absolute atomic E-state index is 0.0737. The van der Waals surface area contributed by atoms with E-state index in [0.29, 0.717) is 18.7 Å². The van der Waals surface area contributed by atoms with Gasteiger partial charge in [-0.3, -0.25) is 14.5 Å². The van der Waals surface area contributed by atoms with Crippen LogP contribution in [0.1, 0.15) is 21.7 Å². The number of aromatic nitrogens is 2. The molecule has 3 aromatic carbocycles. The highest BCUT2D eigenvalue weighted by atomic mass is 16.5. The number of hydrogen-bond acceptors (Lipinski definition) is 5. The number of benzene rings is 3. The van der Waals surface area contributed by atoms with Crippen LogP contribution in [0.5, 0.6) is 5.75 Å². The third kappa shape index (κ3) is 5.39. The predicted molar refractivity (Wildman–Crippen MR) is 137 cm³/mol. The maximum absolute atomic E-state index is 13.3. The van der Waals surface area contributed by atoms with E-state index in [1.807, 2.05) is 76.2 Å². The van der Waals surface area contributed by atoms with Crippen molar-refractivity contribution in [1.29, 1.82) is 0 Å². The summed E-state index contributed by atoms with van der Waals surface area (Å²) in [5.41, 5.74) is 8.73. The van der Waals surface area contributed by atoms with Crippen molar-refractivity contribution in [3.05, 3.63) is 95.8 Å². The highest BCUT2D eigenvalue weighted by molar-refractivity contribution is 5.92. The molecule has 2 heterocycles. The molecule has 1 fully saturated rings. The van der Waals surface area contributed by atoms with Gasteiger partial charge < -0.3 is 19.9 Å². The number of rotatable bonds is 8. The number of carbonyl (C=O) groups excluding carboxylic acids is 2. The Kier molecular flexibility index (Phi) is 6.95. The molecule has 184 valence electrons. The Bertz CT molecular complexity index is 1340. The van der Waals surface area contributed by atoms with E-state index in [9.17, 15) is 9.59 Å². The van der Waals surface area contributed by atoms with Gasteiger partial charge >= 0.3 is 0 Å². The number of amides is 2.